The summed E-state index contributed by atoms with van der Waals surface area (Å²) in [7, 11) is 9.42. The van der Waals surface area contributed by atoms with Crippen molar-refractivity contribution in [1.82, 2.24) is 5.32 Å². The molecule has 0 unspecified atom stereocenters. The number of hydrogen-bond donors (Lipinski definition) is 2. The Labute approximate surface area is 160 Å². The van der Waals surface area contributed by atoms with Crippen molar-refractivity contribution in [1.29, 1.82) is 0 Å². The number of quaternary nitrogens is 1. The number of hydrogen-bond acceptors (Lipinski definition) is 4. The molecule has 0 spiro atoms. The maximum absolute atomic E-state index is 12.7. The van der Waals surface area contributed by atoms with Gasteiger partial charge < -0.3 is 19.9 Å². The van der Waals surface area contributed by atoms with Gasteiger partial charge in [0, 0.05) is 25.3 Å². The molecule has 6 nitrogen and oxygen atoms in total. The second-order valence-electron chi connectivity index (χ2n) is 6.86. The number of amides is 1. The lowest BCUT2D eigenvalue weighted by molar-refractivity contribution is -0.890. The molecular weight excluding hydrogens is 342 g/mol. The number of anilines is 1. The molecule has 2 rings (SSSR count). The van der Waals surface area contributed by atoms with Crippen molar-refractivity contribution in [3.05, 3.63) is 65.2 Å². The molecule has 0 fully saturated rings. The van der Waals surface area contributed by atoms with Gasteiger partial charge in [0.25, 0.3) is 5.91 Å². The number of rotatable bonds is 7. The van der Waals surface area contributed by atoms with Gasteiger partial charge in [-0.15, -0.1) is 0 Å². The lowest BCUT2D eigenvalue weighted by Gasteiger charge is -2.23. The number of methoxy groups -OCH3 is 1. The van der Waals surface area contributed by atoms with Crippen molar-refractivity contribution >= 4 is 17.6 Å². The molecule has 0 heterocycles. The van der Waals surface area contributed by atoms with Crippen LogP contribution in [-0.2, 0) is 4.74 Å². The highest BCUT2D eigenvalue weighted by Crippen LogP contribution is 2.16. The standard InChI is InChI=1S/C21H27N3O3/c1-23(2)16-12-10-15(11-13-16)19(24(3)4)14-22-20(25)17-8-6-7-9-18(17)21(26)27-5/h6-13,19H,14H2,1-5H3,(H,22,25)/p+1/t19-/m0/s1. The maximum atomic E-state index is 12.7. The maximum Gasteiger partial charge on any atom is 0.338 e. The van der Waals surface area contributed by atoms with Gasteiger partial charge in [-0.05, 0) is 24.3 Å². The predicted octanol–water partition coefficient (Wildman–Crippen LogP) is 1.15. The monoisotopic (exact) mass is 370 g/mol. The first-order valence-electron chi connectivity index (χ1n) is 8.88. The van der Waals surface area contributed by atoms with E-state index in [9.17, 15) is 9.59 Å². The quantitative estimate of drug-likeness (QED) is 0.718. The van der Waals surface area contributed by atoms with Crippen LogP contribution < -0.4 is 15.1 Å². The average Bonchev–Trinajstić information content (AvgIpc) is 2.67. The Morgan fingerprint density at radius 1 is 1.04 bits per heavy atom. The molecule has 1 atom stereocenters. The Bertz CT molecular complexity index is 786. The summed E-state index contributed by atoms with van der Waals surface area (Å²) in [5.74, 6) is -0.804. The highest BCUT2D eigenvalue weighted by Gasteiger charge is 2.21. The minimum atomic E-state index is -0.519. The van der Waals surface area contributed by atoms with Gasteiger partial charge in [0.05, 0.1) is 38.9 Å². The van der Waals surface area contributed by atoms with Crippen molar-refractivity contribution in [2.45, 2.75) is 6.04 Å². The molecule has 0 radical (unpaired) electrons. The van der Waals surface area contributed by atoms with E-state index in [2.05, 4.69) is 43.7 Å². The number of likely N-dealkylation sites (N-methyl/N-ethyl adjacent to an activating group) is 1. The van der Waals surface area contributed by atoms with Crippen LogP contribution in [0.25, 0.3) is 0 Å². The fourth-order valence-electron chi connectivity index (χ4n) is 2.92. The van der Waals surface area contributed by atoms with Crippen LogP contribution in [0.1, 0.15) is 32.3 Å². The van der Waals surface area contributed by atoms with Gasteiger partial charge in [0.15, 0.2) is 0 Å². The Morgan fingerprint density at radius 2 is 1.63 bits per heavy atom. The molecule has 0 aromatic heterocycles. The van der Waals surface area contributed by atoms with Crippen molar-refractivity contribution in [3.63, 3.8) is 0 Å². The third-order valence-corrected chi connectivity index (χ3v) is 4.55. The van der Waals surface area contributed by atoms with Crippen molar-refractivity contribution in [2.24, 2.45) is 0 Å². The number of benzene rings is 2. The molecule has 27 heavy (non-hydrogen) atoms. The van der Waals surface area contributed by atoms with E-state index < -0.39 is 5.97 Å². The van der Waals surface area contributed by atoms with Gasteiger partial charge in [0.1, 0.15) is 6.04 Å². The van der Waals surface area contributed by atoms with Gasteiger partial charge in [-0.1, -0.05) is 24.3 Å². The number of carbonyl (C=O) groups excluding carboxylic acids is 2. The summed E-state index contributed by atoms with van der Waals surface area (Å²) >= 11 is 0. The Morgan fingerprint density at radius 3 is 2.15 bits per heavy atom. The molecule has 1 amide bonds. The van der Waals surface area contributed by atoms with Gasteiger partial charge in [-0.2, -0.15) is 0 Å². The SMILES string of the molecule is COC(=O)c1ccccc1C(=O)NC[C@@H](c1ccc(N(C)C)cc1)[NH+](C)C. The number of carbonyl (C=O) groups is 2. The lowest BCUT2D eigenvalue weighted by atomic mass is 10.0. The fraction of sp³-hybridized carbons (Fsp3) is 0.333. The third kappa shape index (κ3) is 5.08. The number of nitrogens with one attached hydrogen (secondary N) is 2. The Hall–Kier alpha value is -2.86. The molecule has 6 heteroatoms. The number of ether oxygens (including phenoxy) is 1. The first-order chi connectivity index (χ1) is 12.8. The van der Waals surface area contributed by atoms with Crippen molar-refractivity contribution < 1.29 is 19.2 Å². The highest BCUT2D eigenvalue weighted by atomic mass is 16.5. The van der Waals surface area contributed by atoms with Crippen LogP contribution in [-0.4, -0.2) is 53.7 Å². The Balaban J connectivity index is 2.15. The van der Waals surface area contributed by atoms with Crippen LogP contribution in [0.5, 0.6) is 0 Å². The van der Waals surface area contributed by atoms with E-state index in [4.69, 9.17) is 4.74 Å². The zero-order valence-corrected chi connectivity index (χ0v) is 16.6. The van der Waals surface area contributed by atoms with Crippen LogP contribution in [0, 0.1) is 0 Å². The smallest absolute Gasteiger partial charge is 0.338 e. The summed E-state index contributed by atoms with van der Waals surface area (Å²) in [6.07, 6.45) is 0. The summed E-state index contributed by atoms with van der Waals surface area (Å²) in [4.78, 5) is 27.8. The van der Waals surface area contributed by atoms with E-state index in [1.807, 2.05) is 19.0 Å². The van der Waals surface area contributed by atoms with Gasteiger partial charge in [0.2, 0.25) is 0 Å². The first kappa shape index (κ1) is 20.5. The summed E-state index contributed by atoms with van der Waals surface area (Å²) in [6, 6.07) is 15.1. The molecule has 0 saturated carbocycles. The number of esters is 1. The summed E-state index contributed by atoms with van der Waals surface area (Å²) in [5, 5.41) is 2.96. The van der Waals surface area contributed by atoms with Crippen LogP contribution in [0.2, 0.25) is 0 Å². The molecule has 2 N–H and O–H groups in total. The summed E-state index contributed by atoms with van der Waals surface area (Å²) in [6.45, 7) is 0.456. The molecule has 0 saturated heterocycles. The van der Waals surface area contributed by atoms with E-state index >= 15 is 0 Å². The van der Waals surface area contributed by atoms with Gasteiger partial charge in [-0.25, -0.2) is 4.79 Å². The zero-order valence-electron chi connectivity index (χ0n) is 16.6. The normalized spacial score (nSPS) is 11.8. The van der Waals surface area contributed by atoms with Crippen LogP contribution in [0.3, 0.4) is 0 Å². The first-order valence-corrected chi connectivity index (χ1v) is 8.88. The largest absolute Gasteiger partial charge is 0.465 e. The second-order valence-corrected chi connectivity index (χ2v) is 6.86. The van der Waals surface area contributed by atoms with E-state index in [1.54, 1.807) is 24.3 Å². The number of nitrogens with zero attached hydrogens (tertiary/aromatic N) is 1. The highest BCUT2D eigenvalue weighted by molar-refractivity contribution is 6.05. The molecule has 2 aromatic carbocycles. The van der Waals surface area contributed by atoms with Crippen LogP contribution >= 0.6 is 0 Å². The molecular formula is C21H28N3O3+. The summed E-state index contributed by atoms with van der Waals surface area (Å²) < 4.78 is 4.76. The van der Waals surface area contributed by atoms with Crippen molar-refractivity contribution in [2.75, 3.05) is 46.7 Å². The van der Waals surface area contributed by atoms with Gasteiger partial charge in [-0.3, -0.25) is 4.79 Å². The topological polar surface area (TPSA) is 63.1 Å². The lowest BCUT2D eigenvalue weighted by Crippen LogP contribution is -3.07. The van der Waals surface area contributed by atoms with E-state index in [1.165, 1.54) is 12.0 Å². The van der Waals surface area contributed by atoms with E-state index in [0.717, 1.165) is 11.3 Å². The molecule has 2 aromatic rings. The Kier molecular flexibility index (Phi) is 6.96. The van der Waals surface area contributed by atoms with E-state index in [0.29, 0.717) is 12.1 Å². The minimum absolute atomic E-state index is 0.0930. The predicted molar refractivity (Wildman–Crippen MR) is 106 cm³/mol. The van der Waals surface area contributed by atoms with Crippen LogP contribution in [0.4, 0.5) is 5.69 Å². The summed E-state index contributed by atoms with van der Waals surface area (Å²) in [5.41, 5.74) is 2.85. The van der Waals surface area contributed by atoms with E-state index in [-0.39, 0.29) is 17.5 Å². The minimum Gasteiger partial charge on any atom is -0.465 e. The van der Waals surface area contributed by atoms with Gasteiger partial charge >= 0.3 is 5.97 Å². The molecule has 0 bridgehead atoms. The molecule has 0 aliphatic rings. The van der Waals surface area contributed by atoms with Crippen molar-refractivity contribution in [3.8, 4) is 0 Å². The average molecular weight is 370 g/mol. The van der Waals surface area contributed by atoms with Crippen LogP contribution in [0.15, 0.2) is 48.5 Å². The molecule has 144 valence electrons. The fourth-order valence-corrected chi connectivity index (χ4v) is 2.92. The molecule has 0 aliphatic carbocycles. The third-order valence-electron chi connectivity index (χ3n) is 4.55. The second kappa shape index (κ2) is 9.19. The molecule has 0 aliphatic heterocycles. The zero-order chi connectivity index (χ0) is 20.0.